The van der Waals surface area contributed by atoms with E-state index in [0.29, 0.717) is 17.4 Å². The first kappa shape index (κ1) is 17.9. The highest BCUT2D eigenvalue weighted by Gasteiger charge is 2.12. The number of likely N-dealkylation sites (N-methyl/N-ethyl adjacent to an activating group) is 1. The van der Waals surface area contributed by atoms with E-state index in [2.05, 4.69) is 39.3 Å². The maximum Gasteiger partial charge on any atom is 0.274 e. The molecule has 0 spiro atoms. The van der Waals surface area contributed by atoms with Gasteiger partial charge < -0.3 is 15.5 Å². The quantitative estimate of drug-likeness (QED) is 0.818. The second-order valence-corrected chi connectivity index (χ2v) is 6.21. The zero-order valence-corrected chi connectivity index (χ0v) is 14.7. The van der Waals surface area contributed by atoms with Crippen molar-refractivity contribution in [1.29, 1.82) is 0 Å². The minimum atomic E-state index is -0.235. The van der Waals surface area contributed by atoms with E-state index in [9.17, 15) is 4.79 Å². The number of nitrogens with one attached hydrogen (secondary N) is 2. The molecule has 0 unspecified atom stereocenters. The van der Waals surface area contributed by atoms with Crippen LogP contribution in [0, 0.1) is 0 Å². The summed E-state index contributed by atoms with van der Waals surface area (Å²) < 4.78 is 0. The lowest BCUT2D eigenvalue weighted by atomic mass is 10.0. The average Bonchev–Trinajstić information content (AvgIpc) is 2.55. The first-order valence-corrected chi connectivity index (χ1v) is 8.08. The molecule has 128 valence electrons. The third kappa shape index (κ3) is 5.03. The number of para-hydroxylation sites is 1. The highest BCUT2D eigenvalue weighted by atomic mass is 16.1. The first-order chi connectivity index (χ1) is 11.5. The molecule has 0 saturated heterocycles. The molecule has 2 aromatic rings. The zero-order chi connectivity index (χ0) is 17.5. The van der Waals surface area contributed by atoms with Gasteiger partial charge in [0.15, 0.2) is 0 Å². The Morgan fingerprint density at radius 3 is 2.67 bits per heavy atom. The SMILES string of the molecule is CC(C)c1ccccc1NC(=O)c1cc(NCCN(C)C)ncn1. The van der Waals surface area contributed by atoms with Crippen molar-refractivity contribution < 1.29 is 4.79 Å². The summed E-state index contributed by atoms with van der Waals surface area (Å²) in [5, 5.41) is 6.14. The Hall–Kier alpha value is -2.47. The van der Waals surface area contributed by atoms with Crippen molar-refractivity contribution in [2.24, 2.45) is 0 Å². The van der Waals surface area contributed by atoms with Crippen LogP contribution in [0.3, 0.4) is 0 Å². The lowest BCUT2D eigenvalue weighted by Gasteiger charge is -2.14. The Bertz CT molecular complexity index is 685. The van der Waals surface area contributed by atoms with Gasteiger partial charge in [-0.25, -0.2) is 9.97 Å². The summed E-state index contributed by atoms with van der Waals surface area (Å²) in [6, 6.07) is 9.49. The number of carbonyl (C=O) groups excluding carboxylic acids is 1. The van der Waals surface area contributed by atoms with E-state index in [1.54, 1.807) is 6.07 Å². The van der Waals surface area contributed by atoms with E-state index < -0.39 is 0 Å². The first-order valence-electron chi connectivity index (χ1n) is 8.08. The van der Waals surface area contributed by atoms with Gasteiger partial charge in [-0.1, -0.05) is 32.0 Å². The normalized spacial score (nSPS) is 10.9. The highest BCUT2D eigenvalue weighted by molar-refractivity contribution is 6.03. The fourth-order valence-corrected chi connectivity index (χ4v) is 2.29. The minimum Gasteiger partial charge on any atom is -0.369 e. The molecular formula is C18H25N5O. The predicted octanol–water partition coefficient (Wildman–Crippen LogP) is 2.83. The Morgan fingerprint density at radius 2 is 1.96 bits per heavy atom. The lowest BCUT2D eigenvalue weighted by molar-refractivity contribution is 0.102. The number of carbonyl (C=O) groups is 1. The Morgan fingerprint density at radius 1 is 1.21 bits per heavy atom. The topological polar surface area (TPSA) is 70.2 Å². The molecule has 0 radical (unpaired) electrons. The Kier molecular flexibility index (Phi) is 6.26. The molecule has 1 aromatic heterocycles. The second-order valence-electron chi connectivity index (χ2n) is 6.21. The molecule has 2 rings (SSSR count). The van der Waals surface area contributed by atoms with Crippen molar-refractivity contribution >= 4 is 17.4 Å². The summed E-state index contributed by atoms with van der Waals surface area (Å²) in [5.41, 5.74) is 2.26. The van der Waals surface area contributed by atoms with Gasteiger partial charge in [0.2, 0.25) is 0 Å². The fraction of sp³-hybridized carbons (Fsp3) is 0.389. The smallest absolute Gasteiger partial charge is 0.274 e. The molecule has 0 bridgehead atoms. The number of benzene rings is 1. The van der Waals surface area contributed by atoms with Crippen LogP contribution in [0.5, 0.6) is 0 Å². The second kappa shape index (κ2) is 8.40. The molecule has 0 aliphatic rings. The molecule has 0 aliphatic carbocycles. The molecule has 24 heavy (non-hydrogen) atoms. The van der Waals surface area contributed by atoms with Crippen LogP contribution in [0.1, 0.15) is 35.8 Å². The molecule has 0 fully saturated rings. The molecule has 6 heteroatoms. The zero-order valence-electron chi connectivity index (χ0n) is 14.7. The summed E-state index contributed by atoms with van der Waals surface area (Å²) in [4.78, 5) is 22.8. The summed E-state index contributed by atoms with van der Waals surface area (Å²) in [6.45, 7) is 5.83. The standard InChI is InChI=1S/C18H25N5O/c1-13(2)14-7-5-6-8-15(14)22-18(24)16-11-17(21-12-20-16)19-9-10-23(3)4/h5-8,11-13H,9-10H2,1-4H3,(H,22,24)(H,19,20,21). The van der Waals surface area contributed by atoms with Crippen molar-refractivity contribution in [2.45, 2.75) is 19.8 Å². The van der Waals surface area contributed by atoms with Crippen molar-refractivity contribution in [1.82, 2.24) is 14.9 Å². The van der Waals surface area contributed by atoms with Gasteiger partial charge in [-0.3, -0.25) is 4.79 Å². The fourth-order valence-electron chi connectivity index (χ4n) is 2.29. The van der Waals surface area contributed by atoms with E-state index in [1.165, 1.54) is 6.33 Å². The van der Waals surface area contributed by atoms with Crippen molar-refractivity contribution in [3.8, 4) is 0 Å². The molecule has 6 nitrogen and oxygen atoms in total. The van der Waals surface area contributed by atoms with Gasteiger partial charge in [0.1, 0.15) is 17.8 Å². The maximum atomic E-state index is 12.5. The van der Waals surface area contributed by atoms with Crippen LogP contribution in [0.15, 0.2) is 36.7 Å². The van der Waals surface area contributed by atoms with E-state index in [1.807, 2.05) is 38.4 Å². The number of amides is 1. The van der Waals surface area contributed by atoms with Crippen LogP contribution in [-0.4, -0.2) is 48.0 Å². The summed E-state index contributed by atoms with van der Waals surface area (Å²) in [6.07, 6.45) is 1.40. The van der Waals surface area contributed by atoms with Gasteiger partial charge in [0.05, 0.1) is 0 Å². The monoisotopic (exact) mass is 327 g/mol. The predicted molar refractivity (Wildman–Crippen MR) is 97.6 cm³/mol. The van der Waals surface area contributed by atoms with Crippen LogP contribution >= 0.6 is 0 Å². The average molecular weight is 327 g/mol. The van der Waals surface area contributed by atoms with Crippen molar-refractivity contribution in [3.63, 3.8) is 0 Å². The molecule has 1 aromatic carbocycles. The highest BCUT2D eigenvalue weighted by Crippen LogP contribution is 2.24. The third-order valence-electron chi connectivity index (χ3n) is 3.60. The number of anilines is 2. The van der Waals surface area contributed by atoms with Gasteiger partial charge in [-0.15, -0.1) is 0 Å². The molecule has 0 saturated carbocycles. The van der Waals surface area contributed by atoms with E-state index >= 15 is 0 Å². The number of nitrogens with zero attached hydrogens (tertiary/aromatic N) is 3. The van der Waals surface area contributed by atoms with Crippen LogP contribution in [0.2, 0.25) is 0 Å². The number of rotatable bonds is 7. The molecule has 2 N–H and O–H groups in total. The molecule has 0 atom stereocenters. The summed E-state index contributed by atoms with van der Waals surface area (Å²) in [7, 11) is 4.01. The van der Waals surface area contributed by atoms with Gasteiger partial charge in [-0.05, 0) is 31.6 Å². The molecule has 1 amide bonds. The van der Waals surface area contributed by atoms with Crippen LogP contribution in [0.4, 0.5) is 11.5 Å². The third-order valence-corrected chi connectivity index (χ3v) is 3.60. The number of hydrogen-bond donors (Lipinski definition) is 2. The van der Waals surface area contributed by atoms with Gasteiger partial charge >= 0.3 is 0 Å². The van der Waals surface area contributed by atoms with Crippen LogP contribution < -0.4 is 10.6 Å². The summed E-state index contributed by atoms with van der Waals surface area (Å²) >= 11 is 0. The van der Waals surface area contributed by atoms with E-state index in [-0.39, 0.29) is 5.91 Å². The Labute approximate surface area is 143 Å². The van der Waals surface area contributed by atoms with Gasteiger partial charge in [0, 0.05) is 24.8 Å². The van der Waals surface area contributed by atoms with Gasteiger partial charge in [-0.2, -0.15) is 0 Å². The summed E-state index contributed by atoms with van der Waals surface area (Å²) in [5.74, 6) is 0.741. The van der Waals surface area contributed by atoms with Crippen LogP contribution in [-0.2, 0) is 0 Å². The lowest BCUT2D eigenvalue weighted by Crippen LogP contribution is -2.21. The van der Waals surface area contributed by atoms with Gasteiger partial charge in [0.25, 0.3) is 5.91 Å². The Balaban J connectivity index is 2.08. The minimum absolute atomic E-state index is 0.235. The largest absolute Gasteiger partial charge is 0.369 e. The van der Waals surface area contributed by atoms with E-state index in [4.69, 9.17) is 0 Å². The van der Waals surface area contributed by atoms with E-state index in [0.717, 1.165) is 24.3 Å². The molecular weight excluding hydrogens is 302 g/mol. The van der Waals surface area contributed by atoms with Crippen LogP contribution in [0.25, 0.3) is 0 Å². The molecule has 1 heterocycles. The number of aromatic nitrogens is 2. The van der Waals surface area contributed by atoms with Crippen molar-refractivity contribution in [2.75, 3.05) is 37.8 Å². The maximum absolute atomic E-state index is 12.5. The molecule has 0 aliphatic heterocycles. The van der Waals surface area contributed by atoms with Crippen molar-refractivity contribution in [3.05, 3.63) is 47.9 Å². The number of hydrogen-bond acceptors (Lipinski definition) is 5.